The molecule has 0 spiro atoms. The SMILES string of the molecule is C.Cc1[nH]c(/C=C2\C(=O)Nc3ccc(F)c(F)c32)c(C)c1C(=O)NCCC1CC(C)CC(=O)O1.Cc1[nH]c(/C=C2\C(=O)Nc3ccc(F)cc32)c(C)c1C(=O)NCCC1CC(C)CC(=O)O1. The summed E-state index contributed by atoms with van der Waals surface area (Å²) in [7, 11) is 0. The molecule has 4 atom stereocenters. The Hall–Kier alpha value is -6.91. The third-order valence-corrected chi connectivity index (χ3v) is 12.1. The fraction of sp³-hybridized carbons (Fsp3) is 0.388. The predicted molar refractivity (Wildman–Crippen MR) is 243 cm³/mol. The van der Waals surface area contributed by atoms with Crippen molar-refractivity contribution < 1.29 is 51.4 Å². The van der Waals surface area contributed by atoms with Gasteiger partial charge in [-0.2, -0.15) is 0 Å². The first-order valence-electron chi connectivity index (χ1n) is 21.6. The lowest BCUT2D eigenvalue weighted by Crippen LogP contribution is -2.33. The lowest BCUT2D eigenvalue weighted by molar-refractivity contribution is -0.157. The zero-order chi connectivity index (χ0) is 46.9. The van der Waals surface area contributed by atoms with E-state index in [-0.39, 0.29) is 78.0 Å². The maximum Gasteiger partial charge on any atom is 0.306 e. The van der Waals surface area contributed by atoms with E-state index in [1.54, 1.807) is 33.8 Å². The van der Waals surface area contributed by atoms with E-state index < -0.39 is 23.4 Å². The van der Waals surface area contributed by atoms with Crippen molar-refractivity contribution in [1.29, 1.82) is 0 Å². The Balaban J connectivity index is 0.000000215. The molecule has 4 aliphatic rings. The number of H-pyrrole nitrogens is 2. The van der Waals surface area contributed by atoms with E-state index in [1.807, 2.05) is 13.8 Å². The molecule has 6 heterocycles. The fourth-order valence-corrected chi connectivity index (χ4v) is 8.89. The first kappa shape index (κ1) is 48.5. The largest absolute Gasteiger partial charge is 0.462 e. The molecular formula is C49H55F3N6O8. The van der Waals surface area contributed by atoms with Gasteiger partial charge in [-0.05, 0) is 106 Å². The predicted octanol–water partition coefficient (Wildman–Crippen LogP) is 8.23. The molecule has 8 rings (SSSR count). The van der Waals surface area contributed by atoms with Gasteiger partial charge in [-0.1, -0.05) is 21.3 Å². The number of halogens is 3. The molecule has 4 aromatic rings. The molecule has 350 valence electrons. The summed E-state index contributed by atoms with van der Waals surface area (Å²) in [5.74, 6) is -3.86. The minimum atomic E-state index is -1.10. The van der Waals surface area contributed by atoms with Crippen LogP contribution < -0.4 is 21.3 Å². The number of anilines is 2. The lowest BCUT2D eigenvalue weighted by atomic mass is 9.95. The van der Waals surface area contributed by atoms with Crippen LogP contribution in [0.1, 0.15) is 126 Å². The molecule has 4 aliphatic heterocycles. The van der Waals surface area contributed by atoms with Crippen LogP contribution in [0.25, 0.3) is 23.3 Å². The van der Waals surface area contributed by atoms with Gasteiger partial charge in [0.15, 0.2) is 11.6 Å². The van der Waals surface area contributed by atoms with Crippen LogP contribution >= 0.6 is 0 Å². The number of hydrogen-bond donors (Lipinski definition) is 6. The molecule has 2 fully saturated rings. The number of nitrogens with one attached hydrogen (secondary N) is 6. The second-order valence-electron chi connectivity index (χ2n) is 17.2. The summed E-state index contributed by atoms with van der Waals surface area (Å²) in [4.78, 5) is 79.8. The number of aromatic nitrogens is 2. The van der Waals surface area contributed by atoms with Gasteiger partial charge >= 0.3 is 11.9 Å². The van der Waals surface area contributed by atoms with Crippen molar-refractivity contribution in [2.75, 3.05) is 23.7 Å². The first-order valence-corrected chi connectivity index (χ1v) is 21.6. The smallest absolute Gasteiger partial charge is 0.306 e. The molecule has 14 nitrogen and oxygen atoms in total. The van der Waals surface area contributed by atoms with Crippen LogP contribution in [-0.4, -0.2) is 70.8 Å². The number of benzene rings is 2. The number of fused-ring (bicyclic) bond motifs is 2. The number of aromatic amines is 2. The van der Waals surface area contributed by atoms with Gasteiger partial charge in [0.1, 0.15) is 18.0 Å². The normalized spacial score (nSPS) is 20.9. The zero-order valence-electron chi connectivity index (χ0n) is 36.9. The summed E-state index contributed by atoms with van der Waals surface area (Å²) < 4.78 is 52.5. The molecular weight excluding hydrogens is 858 g/mol. The molecule has 0 radical (unpaired) electrons. The Morgan fingerprint density at radius 2 is 1.17 bits per heavy atom. The molecule has 17 heteroatoms. The summed E-state index contributed by atoms with van der Waals surface area (Å²) in [6, 6.07) is 6.40. The average molecular weight is 913 g/mol. The monoisotopic (exact) mass is 912 g/mol. The third kappa shape index (κ3) is 10.5. The molecule has 2 saturated heterocycles. The van der Waals surface area contributed by atoms with Crippen molar-refractivity contribution in [3.05, 3.63) is 104 Å². The van der Waals surface area contributed by atoms with Gasteiger partial charge in [0.2, 0.25) is 0 Å². The van der Waals surface area contributed by atoms with E-state index in [0.717, 1.165) is 18.9 Å². The quantitative estimate of drug-likeness (QED) is 0.0675. The van der Waals surface area contributed by atoms with Gasteiger partial charge < -0.3 is 40.7 Å². The van der Waals surface area contributed by atoms with Gasteiger partial charge in [-0.25, -0.2) is 13.2 Å². The number of amides is 4. The molecule has 4 amide bonds. The van der Waals surface area contributed by atoms with Gasteiger partial charge in [-0.15, -0.1) is 0 Å². The van der Waals surface area contributed by atoms with Crippen molar-refractivity contribution in [2.24, 2.45) is 11.8 Å². The minimum Gasteiger partial charge on any atom is -0.462 e. The molecule has 6 N–H and O–H groups in total. The Morgan fingerprint density at radius 1 is 0.697 bits per heavy atom. The molecule has 0 saturated carbocycles. The maximum atomic E-state index is 14.4. The number of ether oxygens (including phenoxy) is 2. The zero-order valence-corrected chi connectivity index (χ0v) is 36.9. The second kappa shape index (κ2) is 20.1. The number of carbonyl (C=O) groups excluding carboxylic acids is 6. The minimum absolute atomic E-state index is 0. The van der Waals surface area contributed by atoms with E-state index in [4.69, 9.17) is 9.47 Å². The van der Waals surface area contributed by atoms with Crippen LogP contribution in [0.2, 0.25) is 0 Å². The summed E-state index contributed by atoms with van der Waals surface area (Å²) in [6.07, 6.45) is 6.17. The van der Waals surface area contributed by atoms with E-state index in [9.17, 15) is 41.9 Å². The molecule has 2 aromatic heterocycles. The van der Waals surface area contributed by atoms with Gasteiger partial charge in [0.25, 0.3) is 23.6 Å². The highest BCUT2D eigenvalue weighted by atomic mass is 19.2. The van der Waals surface area contributed by atoms with E-state index in [0.29, 0.717) is 101 Å². The lowest BCUT2D eigenvalue weighted by Gasteiger charge is -2.26. The Labute approximate surface area is 380 Å². The average Bonchev–Trinajstić information content (AvgIpc) is 3.90. The summed E-state index contributed by atoms with van der Waals surface area (Å²) >= 11 is 0. The fourth-order valence-electron chi connectivity index (χ4n) is 8.89. The second-order valence-corrected chi connectivity index (χ2v) is 17.2. The van der Waals surface area contributed by atoms with Gasteiger partial charge in [0, 0.05) is 78.4 Å². The molecule has 2 aromatic carbocycles. The van der Waals surface area contributed by atoms with Gasteiger partial charge in [-0.3, -0.25) is 28.8 Å². The topological polar surface area (TPSA) is 201 Å². The van der Waals surface area contributed by atoms with E-state index >= 15 is 0 Å². The highest BCUT2D eigenvalue weighted by Crippen LogP contribution is 2.37. The van der Waals surface area contributed by atoms with Crippen LogP contribution in [0.4, 0.5) is 24.5 Å². The van der Waals surface area contributed by atoms with Crippen molar-refractivity contribution in [2.45, 2.75) is 99.7 Å². The van der Waals surface area contributed by atoms with Crippen LogP contribution in [0.15, 0.2) is 30.3 Å². The van der Waals surface area contributed by atoms with Crippen molar-refractivity contribution in [1.82, 2.24) is 20.6 Å². The highest BCUT2D eigenvalue weighted by molar-refractivity contribution is 6.35. The van der Waals surface area contributed by atoms with Crippen molar-refractivity contribution in [3.8, 4) is 0 Å². The van der Waals surface area contributed by atoms with Crippen molar-refractivity contribution >= 4 is 70.2 Å². The Kier molecular flexibility index (Phi) is 14.8. The number of cyclic esters (lactones) is 2. The number of rotatable bonds is 10. The van der Waals surface area contributed by atoms with Crippen LogP contribution in [0.5, 0.6) is 0 Å². The third-order valence-electron chi connectivity index (χ3n) is 12.1. The Bertz CT molecular complexity index is 2680. The van der Waals surface area contributed by atoms with E-state index in [2.05, 4.69) is 31.2 Å². The van der Waals surface area contributed by atoms with Crippen LogP contribution in [0, 0.1) is 57.0 Å². The molecule has 0 bridgehead atoms. The number of esters is 2. The standard InChI is InChI=1S/C24H25F2N3O4.C24H26FN3O4.CH4/c1-11-8-14(33-19(30)9-11)6-7-27-24(32)20-12(2)18(28-13(20)3)10-15-21-17(29-23(15)31)5-4-16(25)22(21)26;1-12-8-16(32-21(29)9-12)6-7-26-24(31)22-13(2)20(27-14(22)3)11-18-17-10-15(25)4-5-19(17)28-23(18)30;/h4-5,10-11,14,28H,6-9H2,1-3H3,(H,27,32)(H,29,31);4-5,10-12,16,27H,6-9H2,1-3H3,(H,26,31)(H,28,30);1H4/b15-10-;18-11-;. The Morgan fingerprint density at radius 3 is 1.68 bits per heavy atom. The summed E-state index contributed by atoms with van der Waals surface area (Å²) in [6.45, 7) is 11.8. The van der Waals surface area contributed by atoms with Crippen LogP contribution in [-0.2, 0) is 28.7 Å². The molecule has 4 unspecified atom stereocenters. The van der Waals surface area contributed by atoms with E-state index in [1.165, 1.54) is 30.3 Å². The van der Waals surface area contributed by atoms with Crippen molar-refractivity contribution in [3.63, 3.8) is 0 Å². The summed E-state index contributed by atoms with van der Waals surface area (Å²) in [5.41, 5.74) is 5.93. The highest BCUT2D eigenvalue weighted by Gasteiger charge is 2.32. The number of aryl methyl sites for hydroxylation is 2. The first-order chi connectivity index (χ1) is 30.9. The van der Waals surface area contributed by atoms with Gasteiger partial charge in [0.05, 0.1) is 28.0 Å². The summed E-state index contributed by atoms with van der Waals surface area (Å²) in [5, 5.41) is 11.0. The van der Waals surface area contributed by atoms with Crippen LogP contribution in [0.3, 0.4) is 0 Å². The number of carbonyl (C=O) groups is 6. The molecule has 66 heavy (non-hydrogen) atoms. The maximum absolute atomic E-state index is 14.4. The number of hydrogen-bond acceptors (Lipinski definition) is 8. The molecule has 0 aliphatic carbocycles.